The predicted molar refractivity (Wildman–Crippen MR) is 85.1 cm³/mol. The molecule has 8 heteroatoms. The quantitative estimate of drug-likeness (QED) is 0.443. The van der Waals surface area contributed by atoms with Crippen molar-refractivity contribution >= 4 is 34.1 Å². The van der Waals surface area contributed by atoms with Gasteiger partial charge in [-0.1, -0.05) is 6.07 Å². The second kappa shape index (κ2) is 4.72. The normalized spacial score (nSPS) is 13.6. The lowest BCUT2D eigenvalue weighted by Crippen LogP contribution is -2.40. The van der Waals surface area contributed by atoms with E-state index in [1.807, 2.05) is 0 Å². The highest BCUT2D eigenvalue weighted by Crippen LogP contribution is 2.36. The Hall–Kier alpha value is -3.55. The van der Waals surface area contributed by atoms with Crippen LogP contribution in [0.3, 0.4) is 0 Å². The molecule has 1 aliphatic heterocycles. The molecule has 0 aliphatic carbocycles. The van der Waals surface area contributed by atoms with Crippen molar-refractivity contribution in [1.82, 2.24) is 10.2 Å². The largest absolute Gasteiger partial charge is 0.281 e. The molecular weight excluding hydrogens is 312 g/mol. The number of H-pyrrole nitrogens is 1. The molecule has 3 aromatic rings. The van der Waals surface area contributed by atoms with Crippen LogP contribution in [0, 0.1) is 17.0 Å². The third-order valence-electron chi connectivity index (χ3n) is 4.00. The zero-order valence-corrected chi connectivity index (χ0v) is 12.4. The summed E-state index contributed by atoms with van der Waals surface area (Å²) in [5, 5.41) is 18.5. The Morgan fingerprint density at radius 1 is 1.12 bits per heavy atom. The van der Waals surface area contributed by atoms with E-state index in [4.69, 9.17) is 0 Å². The van der Waals surface area contributed by atoms with E-state index in [2.05, 4.69) is 10.2 Å². The third-order valence-corrected chi connectivity index (χ3v) is 4.00. The van der Waals surface area contributed by atoms with E-state index in [1.54, 1.807) is 25.1 Å². The SMILES string of the molecule is Cc1cc(N2C(=O)c3cccc4c([N+](=O)[O-])ccc(c34)C2=O)n[nH]1. The van der Waals surface area contributed by atoms with E-state index >= 15 is 0 Å². The Labute approximate surface area is 134 Å². The third kappa shape index (κ3) is 1.76. The first-order chi connectivity index (χ1) is 11.5. The van der Waals surface area contributed by atoms with E-state index in [1.165, 1.54) is 18.2 Å². The van der Waals surface area contributed by atoms with Crippen LogP contribution < -0.4 is 4.90 Å². The fraction of sp³-hybridized carbons (Fsp3) is 0.0625. The van der Waals surface area contributed by atoms with Crippen LogP contribution in [0.1, 0.15) is 26.4 Å². The molecule has 0 saturated heterocycles. The monoisotopic (exact) mass is 322 g/mol. The van der Waals surface area contributed by atoms with Gasteiger partial charge in [0.1, 0.15) is 0 Å². The fourth-order valence-electron chi connectivity index (χ4n) is 2.97. The first kappa shape index (κ1) is 14.1. The zero-order valence-electron chi connectivity index (χ0n) is 12.4. The summed E-state index contributed by atoms with van der Waals surface area (Å²) in [6, 6.07) is 8.91. The van der Waals surface area contributed by atoms with Crippen molar-refractivity contribution in [1.29, 1.82) is 0 Å². The molecule has 8 nitrogen and oxygen atoms in total. The number of amides is 2. The summed E-state index contributed by atoms with van der Waals surface area (Å²) in [7, 11) is 0. The number of nitrogens with one attached hydrogen (secondary N) is 1. The average Bonchev–Trinajstić information content (AvgIpc) is 2.98. The van der Waals surface area contributed by atoms with Crippen molar-refractivity contribution in [3.8, 4) is 0 Å². The highest BCUT2D eigenvalue weighted by Gasteiger charge is 2.36. The van der Waals surface area contributed by atoms with Crippen molar-refractivity contribution in [2.45, 2.75) is 6.92 Å². The number of benzene rings is 2. The van der Waals surface area contributed by atoms with Gasteiger partial charge in [-0.15, -0.1) is 0 Å². The number of carbonyl (C=O) groups is 2. The van der Waals surface area contributed by atoms with Crippen molar-refractivity contribution < 1.29 is 14.5 Å². The van der Waals surface area contributed by atoms with Gasteiger partial charge in [0.15, 0.2) is 5.82 Å². The van der Waals surface area contributed by atoms with Gasteiger partial charge < -0.3 is 0 Å². The molecule has 0 radical (unpaired) electrons. The molecule has 1 N–H and O–H groups in total. The minimum atomic E-state index is -0.551. The highest BCUT2D eigenvalue weighted by atomic mass is 16.6. The Morgan fingerprint density at radius 3 is 2.46 bits per heavy atom. The van der Waals surface area contributed by atoms with Gasteiger partial charge in [-0.25, -0.2) is 4.90 Å². The summed E-state index contributed by atoms with van der Waals surface area (Å²) < 4.78 is 0. The van der Waals surface area contributed by atoms with Crippen molar-refractivity contribution in [3.63, 3.8) is 0 Å². The smallest absolute Gasteiger partial charge is 0.277 e. The van der Waals surface area contributed by atoms with E-state index < -0.39 is 16.7 Å². The number of non-ortho nitro benzene ring substituents is 1. The molecule has 1 aromatic heterocycles. The highest BCUT2D eigenvalue weighted by molar-refractivity contribution is 6.36. The molecule has 0 saturated carbocycles. The second-order valence-corrected chi connectivity index (χ2v) is 5.47. The van der Waals surface area contributed by atoms with Gasteiger partial charge in [-0.2, -0.15) is 5.10 Å². The molecular formula is C16H10N4O4. The number of hydrogen-bond acceptors (Lipinski definition) is 5. The lowest BCUT2D eigenvalue weighted by Gasteiger charge is -2.25. The summed E-state index contributed by atoms with van der Waals surface area (Å²) in [5.74, 6) is -0.904. The van der Waals surface area contributed by atoms with Crippen LogP contribution >= 0.6 is 0 Å². The maximum atomic E-state index is 12.8. The molecule has 0 spiro atoms. The Balaban J connectivity index is 2.02. The van der Waals surface area contributed by atoms with Gasteiger partial charge in [0.25, 0.3) is 17.5 Å². The number of nitro groups is 1. The standard InChI is InChI=1S/C16H10N4O4/c1-8-7-13(18-17-8)19-15(21)10-4-2-3-9-12(20(23)24)6-5-11(14(9)10)16(19)22/h2-7H,1H3,(H,17,18). The van der Waals surface area contributed by atoms with E-state index in [0.717, 1.165) is 4.90 Å². The number of aromatic nitrogens is 2. The zero-order chi connectivity index (χ0) is 17.0. The second-order valence-electron chi connectivity index (χ2n) is 5.47. The molecule has 118 valence electrons. The lowest BCUT2D eigenvalue weighted by molar-refractivity contribution is -0.383. The van der Waals surface area contributed by atoms with Crippen molar-refractivity contribution in [2.75, 3.05) is 4.90 Å². The summed E-state index contributed by atoms with van der Waals surface area (Å²) >= 11 is 0. The number of carbonyl (C=O) groups excluding carboxylic acids is 2. The minimum Gasteiger partial charge on any atom is -0.281 e. The number of nitrogens with zero attached hydrogens (tertiary/aromatic N) is 3. The summed E-state index contributed by atoms with van der Waals surface area (Å²) in [4.78, 5) is 37.2. The van der Waals surface area contributed by atoms with Crippen LogP contribution in [0.15, 0.2) is 36.4 Å². The predicted octanol–water partition coefficient (Wildman–Crippen LogP) is 2.58. The van der Waals surface area contributed by atoms with Gasteiger partial charge in [0, 0.05) is 34.3 Å². The van der Waals surface area contributed by atoms with Gasteiger partial charge in [-0.05, 0) is 25.1 Å². The Morgan fingerprint density at radius 2 is 1.83 bits per heavy atom. The summed E-state index contributed by atoms with van der Waals surface area (Å²) in [6.45, 7) is 1.76. The minimum absolute atomic E-state index is 0.139. The van der Waals surface area contributed by atoms with Crippen LogP contribution in [-0.2, 0) is 0 Å². The lowest BCUT2D eigenvalue weighted by atomic mass is 9.93. The van der Waals surface area contributed by atoms with Crippen molar-refractivity contribution in [3.05, 3.63) is 63.3 Å². The Bertz CT molecular complexity index is 1030. The molecule has 0 atom stereocenters. The van der Waals surface area contributed by atoms with E-state index in [0.29, 0.717) is 11.1 Å². The van der Waals surface area contributed by atoms with Gasteiger partial charge >= 0.3 is 0 Å². The molecule has 1 aliphatic rings. The van der Waals surface area contributed by atoms with Gasteiger partial charge in [0.05, 0.1) is 10.3 Å². The molecule has 0 unspecified atom stereocenters. The molecule has 2 heterocycles. The first-order valence-electron chi connectivity index (χ1n) is 7.10. The number of nitro benzene ring substituents is 1. The van der Waals surface area contributed by atoms with Crippen LogP contribution in [0.25, 0.3) is 10.8 Å². The molecule has 0 fully saturated rings. The average molecular weight is 322 g/mol. The van der Waals surface area contributed by atoms with Gasteiger partial charge in [0.2, 0.25) is 0 Å². The molecule has 24 heavy (non-hydrogen) atoms. The van der Waals surface area contributed by atoms with Crippen molar-refractivity contribution in [2.24, 2.45) is 0 Å². The Kier molecular flexibility index (Phi) is 2.77. The number of aromatic amines is 1. The van der Waals surface area contributed by atoms with E-state index in [9.17, 15) is 19.7 Å². The number of anilines is 1. The van der Waals surface area contributed by atoms with Crippen LogP contribution in [-0.4, -0.2) is 26.9 Å². The van der Waals surface area contributed by atoms with Crippen LogP contribution in [0.4, 0.5) is 11.5 Å². The maximum Gasteiger partial charge on any atom is 0.277 e. The van der Waals surface area contributed by atoms with Crippen LogP contribution in [0.2, 0.25) is 0 Å². The van der Waals surface area contributed by atoms with Gasteiger partial charge in [-0.3, -0.25) is 24.8 Å². The van der Waals surface area contributed by atoms with E-state index in [-0.39, 0.29) is 28.0 Å². The number of aryl methyl sites for hydroxylation is 1. The molecule has 0 bridgehead atoms. The number of imide groups is 1. The fourth-order valence-corrected chi connectivity index (χ4v) is 2.97. The number of rotatable bonds is 2. The molecule has 2 aromatic carbocycles. The topological polar surface area (TPSA) is 109 Å². The molecule has 2 amide bonds. The summed E-state index contributed by atoms with van der Waals surface area (Å²) in [6.07, 6.45) is 0. The maximum absolute atomic E-state index is 12.8. The first-order valence-corrected chi connectivity index (χ1v) is 7.10. The molecule has 4 rings (SSSR count). The van der Waals surface area contributed by atoms with Crippen LogP contribution in [0.5, 0.6) is 0 Å². The number of hydrogen-bond donors (Lipinski definition) is 1. The summed E-state index contributed by atoms with van der Waals surface area (Å²) in [5.41, 5.74) is 1.05.